The van der Waals surface area contributed by atoms with Crippen molar-refractivity contribution in [3.8, 4) is 0 Å². The van der Waals surface area contributed by atoms with Crippen LogP contribution < -0.4 is 0 Å². The fraction of sp³-hybridized carbons (Fsp3) is 0.800. The van der Waals surface area contributed by atoms with Gasteiger partial charge in [-0.3, -0.25) is 4.79 Å². The summed E-state index contributed by atoms with van der Waals surface area (Å²) in [4.78, 5) is 10.7. The molecule has 0 aromatic heterocycles. The number of carbonyl (C=O) groups is 1. The van der Waals surface area contributed by atoms with Crippen molar-refractivity contribution in [1.29, 1.82) is 0 Å². The van der Waals surface area contributed by atoms with Crippen LogP contribution in [-0.2, 0) is 14.6 Å². The summed E-state index contributed by atoms with van der Waals surface area (Å²) in [7, 11) is -3.11. The summed E-state index contributed by atoms with van der Waals surface area (Å²) >= 11 is 1.34. The molecular formula is C5H10O3S2. The molecule has 0 aromatic rings. The van der Waals surface area contributed by atoms with Crippen molar-refractivity contribution in [2.45, 2.75) is 0 Å². The second-order valence-corrected chi connectivity index (χ2v) is 5.05. The zero-order valence-corrected chi connectivity index (χ0v) is 7.59. The van der Waals surface area contributed by atoms with Crippen molar-refractivity contribution in [2.24, 2.45) is 0 Å². The average molecular weight is 182 g/mol. The third-order valence-electron chi connectivity index (χ3n) is 0.729. The van der Waals surface area contributed by atoms with Gasteiger partial charge in [-0.05, 0) is 6.26 Å². The number of rotatable bonds is 4. The number of carbonyl (C=O) groups excluding carboxylic acids is 1. The minimum atomic E-state index is -3.11. The van der Waals surface area contributed by atoms with Crippen LogP contribution in [-0.4, -0.2) is 38.2 Å². The molecule has 3 nitrogen and oxygen atoms in total. The largest absolute Gasteiger partial charge is 0.298 e. The summed E-state index contributed by atoms with van der Waals surface area (Å²) < 4.78 is 21.0. The van der Waals surface area contributed by atoms with Gasteiger partial charge in [0.1, 0.15) is 5.75 Å². The van der Waals surface area contributed by atoms with E-state index < -0.39 is 9.84 Å². The van der Waals surface area contributed by atoms with Gasteiger partial charge in [0.05, 0.1) is 5.75 Å². The summed E-state index contributed by atoms with van der Waals surface area (Å²) in [6.07, 6.45) is 2.82. The highest BCUT2D eigenvalue weighted by Crippen LogP contribution is 1.94. The van der Waals surface area contributed by atoms with Crippen LogP contribution in [0.4, 0.5) is 0 Å². The van der Waals surface area contributed by atoms with E-state index in [4.69, 9.17) is 0 Å². The molecule has 0 aliphatic rings. The highest BCUT2D eigenvalue weighted by Gasteiger charge is 2.08. The molecule has 0 saturated carbocycles. The number of Topliss-reactive ketones (excluding diaryl/α,β-unsaturated/α-hetero) is 1. The maximum absolute atomic E-state index is 10.7. The second-order valence-electron chi connectivity index (χ2n) is 2.04. The molecular weight excluding hydrogens is 172 g/mol. The summed E-state index contributed by atoms with van der Waals surface area (Å²) in [5.41, 5.74) is 0. The lowest BCUT2D eigenvalue weighted by molar-refractivity contribution is -0.114. The summed E-state index contributed by atoms with van der Waals surface area (Å²) in [5, 5.41) is 0. The Hall–Kier alpha value is -0.0300. The molecule has 0 unspecified atom stereocenters. The number of sulfone groups is 1. The Morgan fingerprint density at radius 2 is 2.00 bits per heavy atom. The molecule has 0 spiro atoms. The highest BCUT2D eigenvalue weighted by molar-refractivity contribution is 7.99. The summed E-state index contributed by atoms with van der Waals surface area (Å²) in [5.74, 6) is -0.268. The molecule has 0 rings (SSSR count). The van der Waals surface area contributed by atoms with Crippen LogP contribution in [0.5, 0.6) is 0 Å². The van der Waals surface area contributed by atoms with E-state index in [-0.39, 0.29) is 17.3 Å². The molecule has 0 N–H and O–H groups in total. The first-order valence-corrected chi connectivity index (χ1v) is 6.09. The smallest absolute Gasteiger partial charge is 0.157 e. The molecule has 0 bridgehead atoms. The standard InChI is InChI=1S/C5H10O3S2/c1-9-3-5(6)4-10(2,7)8/h3-4H2,1-2H3. The van der Waals surface area contributed by atoms with Gasteiger partial charge in [0.2, 0.25) is 0 Å². The molecule has 5 heteroatoms. The van der Waals surface area contributed by atoms with Gasteiger partial charge in [-0.2, -0.15) is 11.8 Å². The Bertz CT molecular complexity index is 205. The van der Waals surface area contributed by atoms with Crippen molar-refractivity contribution in [2.75, 3.05) is 24.0 Å². The van der Waals surface area contributed by atoms with Crippen LogP contribution in [0.3, 0.4) is 0 Å². The third kappa shape index (κ3) is 6.10. The lowest BCUT2D eigenvalue weighted by Gasteiger charge is -1.94. The van der Waals surface area contributed by atoms with E-state index in [1.165, 1.54) is 11.8 Å². The number of ketones is 1. The van der Waals surface area contributed by atoms with E-state index >= 15 is 0 Å². The van der Waals surface area contributed by atoms with Gasteiger partial charge >= 0.3 is 0 Å². The van der Waals surface area contributed by atoms with Crippen molar-refractivity contribution in [1.82, 2.24) is 0 Å². The Kier molecular flexibility index (Phi) is 3.96. The Balaban J connectivity index is 3.82. The lowest BCUT2D eigenvalue weighted by Crippen LogP contribution is -2.15. The van der Waals surface area contributed by atoms with E-state index in [9.17, 15) is 13.2 Å². The van der Waals surface area contributed by atoms with Crippen LogP contribution in [0.15, 0.2) is 0 Å². The van der Waals surface area contributed by atoms with Gasteiger partial charge < -0.3 is 0 Å². The van der Waals surface area contributed by atoms with E-state index in [1.807, 2.05) is 0 Å². The predicted octanol–water partition coefficient (Wildman–Crippen LogP) is -0.0369. The van der Waals surface area contributed by atoms with Crippen molar-refractivity contribution in [3.63, 3.8) is 0 Å². The zero-order chi connectivity index (χ0) is 8.20. The van der Waals surface area contributed by atoms with Crippen LogP contribution in [0.1, 0.15) is 0 Å². The molecule has 0 aromatic carbocycles. The SMILES string of the molecule is CSCC(=O)CS(C)(=O)=O. The molecule has 0 fully saturated rings. The second kappa shape index (κ2) is 3.98. The van der Waals surface area contributed by atoms with E-state index in [0.717, 1.165) is 6.26 Å². The van der Waals surface area contributed by atoms with Gasteiger partial charge in [-0.1, -0.05) is 0 Å². The fourth-order valence-corrected chi connectivity index (χ4v) is 1.74. The van der Waals surface area contributed by atoms with E-state index in [1.54, 1.807) is 6.26 Å². The summed E-state index contributed by atoms with van der Waals surface area (Å²) in [6.45, 7) is 0. The first-order valence-electron chi connectivity index (χ1n) is 2.64. The van der Waals surface area contributed by atoms with Crippen LogP contribution in [0.2, 0.25) is 0 Å². The molecule has 0 amide bonds. The molecule has 0 atom stereocenters. The molecule has 60 valence electrons. The molecule has 0 aliphatic heterocycles. The minimum Gasteiger partial charge on any atom is -0.298 e. The predicted molar refractivity (Wildman–Crippen MR) is 43.1 cm³/mol. The van der Waals surface area contributed by atoms with Gasteiger partial charge in [-0.25, -0.2) is 8.42 Å². The first kappa shape index (κ1) is 9.97. The van der Waals surface area contributed by atoms with E-state index in [2.05, 4.69) is 0 Å². The summed E-state index contributed by atoms with van der Waals surface area (Å²) in [6, 6.07) is 0. The van der Waals surface area contributed by atoms with Gasteiger partial charge in [0.15, 0.2) is 15.6 Å². The molecule has 10 heavy (non-hydrogen) atoms. The van der Waals surface area contributed by atoms with Gasteiger partial charge in [0.25, 0.3) is 0 Å². The van der Waals surface area contributed by atoms with E-state index in [0.29, 0.717) is 0 Å². The Morgan fingerprint density at radius 3 is 2.30 bits per heavy atom. The quantitative estimate of drug-likeness (QED) is 0.612. The van der Waals surface area contributed by atoms with Crippen molar-refractivity contribution >= 4 is 27.4 Å². The van der Waals surface area contributed by atoms with Gasteiger partial charge in [0, 0.05) is 6.26 Å². The van der Waals surface area contributed by atoms with Crippen LogP contribution >= 0.6 is 11.8 Å². The number of hydrogen-bond donors (Lipinski definition) is 0. The van der Waals surface area contributed by atoms with Crippen LogP contribution in [0, 0.1) is 0 Å². The molecule has 0 saturated heterocycles. The lowest BCUT2D eigenvalue weighted by atomic mass is 10.5. The third-order valence-corrected chi connectivity index (χ3v) is 2.19. The monoisotopic (exact) mass is 182 g/mol. The molecule has 0 aliphatic carbocycles. The zero-order valence-electron chi connectivity index (χ0n) is 5.96. The average Bonchev–Trinajstić information content (AvgIpc) is 1.59. The molecule has 0 radical (unpaired) electrons. The maximum atomic E-state index is 10.7. The maximum Gasteiger partial charge on any atom is 0.157 e. The Morgan fingerprint density at radius 1 is 1.50 bits per heavy atom. The van der Waals surface area contributed by atoms with Gasteiger partial charge in [-0.15, -0.1) is 0 Å². The normalized spacial score (nSPS) is 11.4. The minimum absolute atomic E-state index is 0.227. The number of hydrogen-bond acceptors (Lipinski definition) is 4. The molecule has 0 heterocycles. The Labute approximate surface area is 65.1 Å². The fourth-order valence-electron chi connectivity index (χ4n) is 0.495. The van der Waals surface area contributed by atoms with Crippen molar-refractivity contribution < 1.29 is 13.2 Å². The van der Waals surface area contributed by atoms with Crippen LogP contribution in [0.25, 0.3) is 0 Å². The topological polar surface area (TPSA) is 51.2 Å². The van der Waals surface area contributed by atoms with Crippen molar-refractivity contribution in [3.05, 3.63) is 0 Å². The highest BCUT2D eigenvalue weighted by atomic mass is 32.2. The number of thioether (sulfide) groups is 1. The first-order chi connectivity index (χ1) is 4.45.